The minimum atomic E-state index is -0.824. The first-order valence-corrected chi connectivity index (χ1v) is 6.93. The fourth-order valence-electron chi connectivity index (χ4n) is 2.08. The van der Waals surface area contributed by atoms with Gasteiger partial charge in [0.2, 0.25) is 11.8 Å². The van der Waals surface area contributed by atoms with Gasteiger partial charge in [0.05, 0.1) is 6.54 Å². The van der Waals surface area contributed by atoms with E-state index in [2.05, 4.69) is 21.7 Å². The number of primary amides is 1. The van der Waals surface area contributed by atoms with Crippen LogP contribution in [0, 0.1) is 0 Å². The smallest absolute Gasteiger partial charge is 0.318 e. The first-order valence-electron chi connectivity index (χ1n) is 6.93. The molecule has 118 valence electrons. The summed E-state index contributed by atoms with van der Waals surface area (Å²) in [5.41, 5.74) is 4.87. The Bertz CT molecular complexity index is 391. The predicted octanol–water partition coefficient (Wildman–Crippen LogP) is -1.51. The van der Waals surface area contributed by atoms with Crippen molar-refractivity contribution in [2.75, 3.05) is 45.8 Å². The molecule has 1 rings (SSSR count). The topological polar surface area (TPSA) is 108 Å². The zero-order valence-electron chi connectivity index (χ0n) is 12.1. The number of hydrogen-bond acceptors (Lipinski definition) is 5. The molecule has 0 atom stereocenters. The highest BCUT2D eigenvalue weighted by atomic mass is 16.2. The zero-order chi connectivity index (χ0) is 15.7. The van der Waals surface area contributed by atoms with Gasteiger partial charge in [-0.3, -0.25) is 19.8 Å². The van der Waals surface area contributed by atoms with Gasteiger partial charge in [0, 0.05) is 45.7 Å². The second-order valence-electron chi connectivity index (χ2n) is 4.87. The van der Waals surface area contributed by atoms with Crippen molar-refractivity contribution in [2.24, 2.45) is 5.73 Å². The number of hydrogen-bond donors (Lipinski definition) is 3. The second-order valence-corrected chi connectivity index (χ2v) is 4.87. The van der Waals surface area contributed by atoms with E-state index in [1.54, 1.807) is 6.08 Å². The van der Waals surface area contributed by atoms with Crippen LogP contribution in [0.4, 0.5) is 4.79 Å². The molecule has 1 heterocycles. The number of nitrogens with two attached hydrogens (primary N) is 1. The molecule has 8 nitrogen and oxygen atoms in total. The van der Waals surface area contributed by atoms with Crippen LogP contribution in [0.15, 0.2) is 12.7 Å². The van der Waals surface area contributed by atoms with Gasteiger partial charge in [-0.2, -0.15) is 0 Å². The Labute approximate surface area is 124 Å². The van der Waals surface area contributed by atoms with Gasteiger partial charge in [-0.1, -0.05) is 6.08 Å². The summed E-state index contributed by atoms with van der Waals surface area (Å²) in [6, 6.07) is -0.824. The highest BCUT2D eigenvalue weighted by molar-refractivity contribution is 5.93. The van der Waals surface area contributed by atoms with E-state index in [1.807, 2.05) is 5.32 Å². The molecular weight excluding hydrogens is 274 g/mol. The Balaban J connectivity index is 2.17. The predicted molar refractivity (Wildman–Crippen MR) is 78.4 cm³/mol. The van der Waals surface area contributed by atoms with Gasteiger partial charge in [0.1, 0.15) is 0 Å². The fourth-order valence-corrected chi connectivity index (χ4v) is 2.08. The molecule has 0 saturated carbocycles. The molecule has 0 aromatic carbocycles. The SMILES string of the molecule is C=CCNC(=O)CN1CCN(CCC(=O)NC(N)=O)CC1. The normalized spacial score (nSPS) is 16.2. The van der Waals surface area contributed by atoms with Crippen molar-refractivity contribution < 1.29 is 14.4 Å². The third-order valence-corrected chi connectivity index (χ3v) is 3.19. The van der Waals surface area contributed by atoms with E-state index < -0.39 is 6.03 Å². The summed E-state index contributed by atoms with van der Waals surface area (Å²) in [5.74, 6) is -0.377. The van der Waals surface area contributed by atoms with Crippen molar-refractivity contribution in [2.45, 2.75) is 6.42 Å². The monoisotopic (exact) mass is 297 g/mol. The molecule has 1 aliphatic rings. The van der Waals surface area contributed by atoms with Gasteiger partial charge in [-0.05, 0) is 0 Å². The molecule has 4 amide bonds. The Morgan fingerprint density at radius 2 is 1.71 bits per heavy atom. The Morgan fingerprint density at radius 3 is 2.29 bits per heavy atom. The molecule has 0 radical (unpaired) electrons. The second kappa shape index (κ2) is 9.09. The van der Waals surface area contributed by atoms with Crippen LogP contribution in [0.25, 0.3) is 0 Å². The number of piperazine rings is 1. The molecule has 0 aromatic heterocycles. The van der Waals surface area contributed by atoms with Crippen LogP contribution in [0.5, 0.6) is 0 Å². The minimum absolute atomic E-state index is 0.0100. The van der Waals surface area contributed by atoms with Gasteiger partial charge < -0.3 is 16.0 Å². The molecule has 0 unspecified atom stereocenters. The number of nitrogens with one attached hydrogen (secondary N) is 2. The van der Waals surface area contributed by atoms with Crippen molar-refractivity contribution in [1.29, 1.82) is 0 Å². The van der Waals surface area contributed by atoms with Crippen molar-refractivity contribution in [1.82, 2.24) is 20.4 Å². The van der Waals surface area contributed by atoms with Crippen LogP contribution >= 0.6 is 0 Å². The van der Waals surface area contributed by atoms with Gasteiger partial charge in [0.15, 0.2) is 0 Å². The van der Waals surface area contributed by atoms with Crippen LogP contribution in [-0.2, 0) is 9.59 Å². The first kappa shape index (κ1) is 17.1. The molecule has 1 fully saturated rings. The van der Waals surface area contributed by atoms with Crippen molar-refractivity contribution in [3.8, 4) is 0 Å². The lowest BCUT2D eigenvalue weighted by Gasteiger charge is -2.34. The third kappa shape index (κ3) is 7.42. The number of urea groups is 1. The summed E-state index contributed by atoms with van der Waals surface area (Å²) in [5, 5.41) is 4.78. The number of nitrogens with zero attached hydrogens (tertiary/aromatic N) is 2. The van der Waals surface area contributed by atoms with Crippen LogP contribution < -0.4 is 16.4 Å². The maximum atomic E-state index is 11.6. The number of imide groups is 1. The average Bonchev–Trinajstić information content (AvgIpc) is 2.43. The summed E-state index contributed by atoms with van der Waals surface area (Å²) < 4.78 is 0. The first-order chi connectivity index (χ1) is 10.0. The van der Waals surface area contributed by atoms with E-state index in [0.717, 1.165) is 26.2 Å². The molecule has 1 saturated heterocycles. The number of carbonyl (C=O) groups excluding carboxylic acids is 3. The fraction of sp³-hybridized carbons (Fsp3) is 0.615. The largest absolute Gasteiger partial charge is 0.352 e. The minimum Gasteiger partial charge on any atom is -0.352 e. The maximum Gasteiger partial charge on any atom is 0.318 e. The maximum absolute atomic E-state index is 11.6. The number of carbonyl (C=O) groups is 3. The molecular formula is C13H23N5O3. The highest BCUT2D eigenvalue weighted by Crippen LogP contribution is 2.02. The Kier molecular flexibility index (Phi) is 7.41. The van der Waals surface area contributed by atoms with E-state index in [4.69, 9.17) is 5.73 Å². The highest BCUT2D eigenvalue weighted by Gasteiger charge is 2.19. The van der Waals surface area contributed by atoms with E-state index in [1.165, 1.54) is 0 Å². The van der Waals surface area contributed by atoms with Gasteiger partial charge in [0.25, 0.3) is 0 Å². The third-order valence-electron chi connectivity index (χ3n) is 3.19. The summed E-state index contributed by atoms with van der Waals surface area (Å²) in [7, 11) is 0. The summed E-state index contributed by atoms with van der Waals surface area (Å²) in [6.45, 7) is 8.12. The molecule has 0 spiro atoms. The lowest BCUT2D eigenvalue weighted by molar-refractivity contribution is -0.122. The lowest BCUT2D eigenvalue weighted by atomic mass is 10.2. The van der Waals surface area contributed by atoms with E-state index in [-0.39, 0.29) is 18.2 Å². The number of rotatable bonds is 7. The molecule has 0 aliphatic carbocycles. The number of amides is 4. The Morgan fingerprint density at radius 1 is 1.10 bits per heavy atom. The Hall–Kier alpha value is -1.93. The van der Waals surface area contributed by atoms with Crippen LogP contribution in [-0.4, -0.2) is 73.5 Å². The summed E-state index contributed by atoms with van der Waals surface area (Å²) in [6.07, 6.45) is 1.88. The van der Waals surface area contributed by atoms with E-state index in [9.17, 15) is 14.4 Å². The standard InChI is InChI=1S/C13H23N5O3/c1-2-4-15-12(20)10-18-8-6-17(7-9-18)5-3-11(19)16-13(14)21/h2H,1,3-10H2,(H,15,20)(H3,14,16,19,21). The average molecular weight is 297 g/mol. The zero-order valence-corrected chi connectivity index (χ0v) is 12.1. The molecule has 0 aromatic rings. The molecule has 0 bridgehead atoms. The lowest BCUT2D eigenvalue weighted by Crippen LogP contribution is -2.50. The molecule has 8 heteroatoms. The quantitative estimate of drug-likeness (QED) is 0.495. The van der Waals surface area contributed by atoms with Gasteiger partial charge in [-0.25, -0.2) is 4.79 Å². The van der Waals surface area contributed by atoms with E-state index in [0.29, 0.717) is 19.6 Å². The molecule has 4 N–H and O–H groups in total. The molecule has 21 heavy (non-hydrogen) atoms. The van der Waals surface area contributed by atoms with Crippen LogP contribution in [0.1, 0.15) is 6.42 Å². The van der Waals surface area contributed by atoms with Crippen molar-refractivity contribution in [3.05, 3.63) is 12.7 Å². The van der Waals surface area contributed by atoms with Crippen molar-refractivity contribution >= 4 is 17.8 Å². The van der Waals surface area contributed by atoms with Gasteiger partial charge >= 0.3 is 6.03 Å². The summed E-state index contributed by atoms with van der Waals surface area (Å²) >= 11 is 0. The van der Waals surface area contributed by atoms with Crippen LogP contribution in [0.2, 0.25) is 0 Å². The summed E-state index contributed by atoms with van der Waals surface area (Å²) in [4.78, 5) is 37.6. The van der Waals surface area contributed by atoms with E-state index >= 15 is 0 Å². The van der Waals surface area contributed by atoms with Crippen LogP contribution in [0.3, 0.4) is 0 Å². The van der Waals surface area contributed by atoms with Crippen molar-refractivity contribution in [3.63, 3.8) is 0 Å². The van der Waals surface area contributed by atoms with Gasteiger partial charge in [-0.15, -0.1) is 6.58 Å². The molecule has 1 aliphatic heterocycles.